The van der Waals surface area contributed by atoms with Gasteiger partial charge in [0.05, 0.1) is 0 Å². The zero-order valence-electron chi connectivity index (χ0n) is 12.0. The monoisotopic (exact) mass is 287 g/mol. The summed E-state index contributed by atoms with van der Waals surface area (Å²) >= 11 is 0. The van der Waals surface area contributed by atoms with Gasteiger partial charge < -0.3 is 14.8 Å². The molecular weight excluding hydrogens is 270 g/mol. The quantitative estimate of drug-likeness (QED) is 0.909. The molecule has 2 N–H and O–H groups in total. The lowest BCUT2D eigenvalue weighted by Gasteiger charge is -2.18. The summed E-state index contributed by atoms with van der Waals surface area (Å²) < 4.78 is 10.9. The minimum Gasteiger partial charge on any atom is -0.486 e. The van der Waals surface area contributed by atoms with E-state index >= 15 is 0 Å². The largest absolute Gasteiger partial charge is 0.486 e. The van der Waals surface area contributed by atoms with Crippen LogP contribution < -0.4 is 14.8 Å². The fourth-order valence-corrected chi connectivity index (χ4v) is 2.06. The maximum atomic E-state index is 12.2. The second-order valence-corrected chi connectivity index (χ2v) is 5.18. The van der Waals surface area contributed by atoms with Crippen LogP contribution in [0.3, 0.4) is 0 Å². The van der Waals surface area contributed by atoms with Gasteiger partial charge in [0.15, 0.2) is 17.2 Å². The molecule has 1 aliphatic heterocycles. The average Bonchev–Trinajstić information content (AvgIpc) is 2.97. The Hall–Kier alpha value is -2.50. The van der Waals surface area contributed by atoms with Crippen molar-refractivity contribution < 1.29 is 14.3 Å². The lowest BCUT2D eigenvalue weighted by atomic mass is 10.1. The lowest BCUT2D eigenvalue weighted by Crippen LogP contribution is -2.16. The van der Waals surface area contributed by atoms with Crippen molar-refractivity contribution in [3.8, 4) is 11.5 Å². The Kier molecular flexibility index (Phi) is 3.51. The van der Waals surface area contributed by atoms with Crippen LogP contribution in [-0.2, 0) is 0 Å². The van der Waals surface area contributed by atoms with Crippen LogP contribution in [0.15, 0.2) is 24.3 Å². The van der Waals surface area contributed by atoms with Crippen molar-refractivity contribution in [3.05, 3.63) is 35.7 Å². The maximum Gasteiger partial charge on any atom is 0.276 e. The van der Waals surface area contributed by atoms with E-state index in [0.717, 1.165) is 5.69 Å². The first-order valence-corrected chi connectivity index (χ1v) is 6.90. The van der Waals surface area contributed by atoms with E-state index in [4.69, 9.17) is 9.47 Å². The van der Waals surface area contributed by atoms with Crippen LogP contribution in [0.4, 0.5) is 5.69 Å². The van der Waals surface area contributed by atoms with E-state index in [1.165, 1.54) is 0 Å². The Morgan fingerprint density at radius 2 is 2.00 bits per heavy atom. The number of anilines is 1. The molecule has 0 saturated carbocycles. The summed E-state index contributed by atoms with van der Waals surface area (Å²) in [6, 6.07) is 7.08. The van der Waals surface area contributed by atoms with Gasteiger partial charge in [0.25, 0.3) is 5.91 Å². The summed E-state index contributed by atoms with van der Waals surface area (Å²) in [6.07, 6.45) is 0. The van der Waals surface area contributed by atoms with E-state index < -0.39 is 0 Å². The van der Waals surface area contributed by atoms with Gasteiger partial charge >= 0.3 is 0 Å². The summed E-state index contributed by atoms with van der Waals surface area (Å²) in [7, 11) is 0. The van der Waals surface area contributed by atoms with Crippen LogP contribution in [0.25, 0.3) is 0 Å². The molecule has 0 unspecified atom stereocenters. The predicted octanol–water partition coefficient (Wildman–Crippen LogP) is 2.56. The molecule has 0 spiro atoms. The van der Waals surface area contributed by atoms with E-state index in [9.17, 15) is 4.79 Å². The van der Waals surface area contributed by atoms with Crippen molar-refractivity contribution in [1.29, 1.82) is 0 Å². The average molecular weight is 287 g/mol. The van der Waals surface area contributed by atoms with Crippen molar-refractivity contribution in [2.75, 3.05) is 18.5 Å². The van der Waals surface area contributed by atoms with Crippen molar-refractivity contribution in [2.24, 2.45) is 0 Å². The number of aromatic amines is 1. The molecule has 0 aliphatic carbocycles. The van der Waals surface area contributed by atoms with Gasteiger partial charge in [0, 0.05) is 17.4 Å². The van der Waals surface area contributed by atoms with Gasteiger partial charge in [0.2, 0.25) is 0 Å². The third-order valence-electron chi connectivity index (χ3n) is 3.25. The normalized spacial score (nSPS) is 13.3. The Morgan fingerprint density at radius 3 is 2.71 bits per heavy atom. The molecule has 1 aromatic carbocycles. The molecule has 110 valence electrons. The highest BCUT2D eigenvalue weighted by atomic mass is 16.6. The van der Waals surface area contributed by atoms with Gasteiger partial charge in [-0.3, -0.25) is 9.89 Å². The zero-order chi connectivity index (χ0) is 14.8. The summed E-state index contributed by atoms with van der Waals surface area (Å²) in [5.74, 6) is 1.38. The summed E-state index contributed by atoms with van der Waals surface area (Å²) in [4.78, 5) is 12.2. The van der Waals surface area contributed by atoms with Gasteiger partial charge in [-0.15, -0.1) is 0 Å². The van der Waals surface area contributed by atoms with Gasteiger partial charge in [-0.1, -0.05) is 13.8 Å². The van der Waals surface area contributed by atoms with Crippen LogP contribution in [0.1, 0.15) is 35.9 Å². The van der Waals surface area contributed by atoms with Crippen LogP contribution in [-0.4, -0.2) is 29.3 Å². The van der Waals surface area contributed by atoms with E-state index in [2.05, 4.69) is 15.5 Å². The number of aromatic nitrogens is 2. The molecule has 3 rings (SSSR count). The van der Waals surface area contributed by atoms with E-state index in [1.54, 1.807) is 24.3 Å². The SMILES string of the molecule is CC(C)c1cc(C(=O)Nc2ccc3c(c2)OCCO3)n[nH]1. The summed E-state index contributed by atoms with van der Waals surface area (Å²) in [6.45, 7) is 5.14. The van der Waals surface area contributed by atoms with Crippen molar-refractivity contribution in [1.82, 2.24) is 10.2 Å². The van der Waals surface area contributed by atoms with E-state index in [-0.39, 0.29) is 5.91 Å². The summed E-state index contributed by atoms with van der Waals surface area (Å²) in [5.41, 5.74) is 1.95. The number of benzene rings is 1. The van der Waals surface area contributed by atoms with Crippen LogP contribution in [0.2, 0.25) is 0 Å². The molecule has 1 amide bonds. The molecule has 1 aromatic heterocycles. The lowest BCUT2D eigenvalue weighted by molar-refractivity contribution is 0.102. The number of H-pyrrole nitrogens is 1. The molecule has 2 aromatic rings. The number of nitrogens with zero attached hydrogens (tertiary/aromatic N) is 1. The highest BCUT2D eigenvalue weighted by Crippen LogP contribution is 2.32. The third-order valence-corrected chi connectivity index (χ3v) is 3.25. The van der Waals surface area contributed by atoms with Crippen LogP contribution in [0.5, 0.6) is 11.5 Å². The molecule has 0 radical (unpaired) electrons. The number of hydrogen-bond donors (Lipinski definition) is 2. The minimum absolute atomic E-state index is 0.255. The topological polar surface area (TPSA) is 76.2 Å². The van der Waals surface area contributed by atoms with Gasteiger partial charge in [-0.2, -0.15) is 5.10 Å². The Balaban J connectivity index is 1.74. The number of rotatable bonds is 3. The van der Waals surface area contributed by atoms with Gasteiger partial charge in [0.1, 0.15) is 13.2 Å². The highest BCUT2D eigenvalue weighted by molar-refractivity contribution is 6.03. The molecule has 0 atom stereocenters. The van der Waals surface area contributed by atoms with Crippen molar-refractivity contribution >= 4 is 11.6 Å². The fraction of sp³-hybridized carbons (Fsp3) is 0.333. The van der Waals surface area contributed by atoms with Crippen LogP contribution in [0, 0.1) is 0 Å². The molecule has 0 bridgehead atoms. The van der Waals surface area contributed by atoms with Gasteiger partial charge in [-0.05, 0) is 24.1 Å². The van der Waals surface area contributed by atoms with E-state index in [1.807, 2.05) is 13.8 Å². The smallest absolute Gasteiger partial charge is 0.276 e. The zero-order valence-corrected chi connectivity index (χ0v) is 12.0. The molecule has 6 heteroatoms. The fourth-order valence-electron chi connectivity index (χ4n) is 2.06. The van der Waals surface area contributed by atoms with Gasteiger partial charge in [-0.25, -0.2) is 0 Å². The number of carbonyl (C=O) groups excluding carboxylic acids is 1. The molecule has 0 fully saturated rings. The minimum atomic E-state index is -0.255. The van der Waals surface area contributed by atoms with Crippen molar-refractivity contribution in [2.45, 2.75) is 19.8 Å². The Bertz CT molecular complexity index is 664. The molecule has 0 saturated heterocycles. The molecule has 1 aliphatic rings. The first-order valence-electron chi connectivity index (χ1n) is 6.90. The second-order valence-electron chi connectivity index (χ2n) is 5.18. The number of ether oxygens (including phenoxy) is 2. The maximum absolute atomic E-state index is 12.2. The number of amides is 1. The molecule has 6 nitrogen and oxygen atoms in total. The standard InChI is InChI=1S/C15H17N3O3/c1-9(2)11-8-12(18-17-11)15(19)16-10-3-4-13-14(7-10)21-6-5-20-13/h3-4,7-9H,5-6H2,1-2H3,(H,16,19)(H,17,18). The highest BCUT2D eigenvalue weighted by Gasteiger charge is 2.15. The number of carbonyl (C=O) groups is 1. The Labute approximate surface area is 122 Å². The molecule has 2 heterocycles. The molecule has 21 heavy (non-hydrogen) atoms. The first-order chi connectivity index (χ1) is 10.1. The molecular formula is C15H17N3O3. The predicted molar refractivity (Wildman–Crippen MR) is 78.1 cm³/mol. The number of nitrogens with one attached hydrogen (secondary N) is 2. The summed E-state index contributed by atoms with van der Waals surface area (Å²) in [5, 5.41) is 9.70. The first kappa shape index (κ1) is 13.5. The Morgan fingerprint density at radius 1 is 1.24 bits per heavy atom. The van der Waals surface area contributed by atoms with E-state index in [0.29, 0.717) is 42.0 Å². The second kappa shape index (κ2) is 5.47. The number of hydrogen-bond acceptors (Lipinski definition) is 4. The van der Waals surface area contributed by atoms with Crippen LogP contribution >= 0.6 is 0 Å². The number of fused-ring (bicyclic) bond motifs is 1. The third kappa shape index (κ3) is 2.84. The van der Waals surface area contributed by atoms with Crippen molar-refractivity contribution in [3.63, 3.8) is 0 Å².